The van der Waals surface area contributed by atoms with E-state index in [1.54, 1.807) is 30.5 Å². The van der Waals surface area contributed by atoms with Gasteiger partial charge in [0.15, 0.2) is 0 Å². The van der Waals surface area contributed by atoms with Crippen molar-refractivity contribution in [3.8, 4) is 0 Å². The molecular weight excluding hydrogens is 410 g/mol. The van der Waals surface area contributed by atoms with Crippen molar-refractivity contribution >= 4 is 35.1 Å². The van der Waals surface area contributed by atoms with Gasteiger partial charge in [0, 0.05) is 30.1 Å². The van der Waals surface area contributed by atoms with Crippen LogP contribution in [0.25, 0.3) is 0 Å². The molecule has 164 valence electrons. The maximum absolute atomic E-state index is 12.8. The van der Waals surface area contributed by atoms with Crippen LogP contribution >= 0.6 is 0 Å². The van der Waals surface area contributed by atoms with E-state index in [1.807, 2.05) is 6.07 Å². The van der Waals surface area contributed by atoms with Gasteiger partial charge in [0.05, 0.1) is 11.9 Å². The molecule has 9 nitrogen and oxygen atoms in total. The van der Waals surface area contributed by atoms with Crippen LogP contribution in [0.15, 0.2) is 36.5 Å². The van der Waals surface area contributed by atoms with Gasteiger partial charge in [-0.2, -0.15) is 0 Å². The summed E-state index contributed by atoms with van der Waals surface area (Å²) < 4.78 is 0. The van der Waals surface area contributed by atoms with Crippen molar-refractivity contribution in [1.82, 2.24) is 15.2 Å². The molecule has 1 unspecified atom stereocenters. The number of hydrogen-bond acceptors (Lipinski definition) is 6. The van der Waals surface area contributed by atoms with Crippen molar-refractivity contribution in [1.29, 1.82) is 0 Å². The maximum Gasteiger partial charge on any atom is 0.255 e. The minimum atomic E-state index is -0.678. The Bertz CT molecular complexity index is 1110. The second-order valence-electron chi connectivity index (χ2n) is 8.43. The van der Waals surface area contributed by atoms with E-state index in [4.69, 9.17) is 0 Å². The molecule has 1 aromatic heterocycles. The first-order valence-corrected chi connectivity index (χ1v) is 10.8. The molecule has 32 heavy (non-hydrogen) atoms. The largest absolute Gasteiger partial charge is 0.367 e. The molecule has 1 aromatic carbocycles. The zero-order chi connectivity index (χ0) is 22.2. The Balaban J connectivity index is 1.25. The lowest BCUT2D eigenvalue weighted by atomic mass is 9.93. The van der Waals surface area contributed by atoms with E-state index < -0.39 is 11.9 Å². The summed E-state index contributed by atoms with van der Waals surface area (Å²) >= 11 is 0. The first-order chi connectivity index (χ1) is 15.5. The van der Waals surface area contributed by atoms with Gasteiger partial charge in [0.2, 0.25) is 11.8 Å². The van der Waals surface area contributed by atoms with E-state index >= 15 is 0 Å². The van der Waals surface area contributed by atoms with Crippen LogP contribution in [0.1, 0.15) is 58.4 Å². The molecule has 3 heterocycles. The van der Waals surface area contributed by atoms with Crippen molar-refractivity contribution in [2.75, 3.05) is 10.6 Å². The highest BCUT2D eigenvalue weighted by molar-refractivity contribution is 6.08. The zero-order valence-corrected chi connectivity index (χ0v) is 17.4. The number of anilines is 2. The van der Waals surface area contributed by atoms with Crippen molar-refractivity contribution in [2.45, 2.75) is 50.7 Å². The summed E-state index contributed by atoms with van der Waals surface area (Å²) in [4.78, 5) is 54.9. The SMILES string of the molecule is O=C1CCC(N2Cc3cc(C(=O)Nc4ccc(NC5CCC5)nc4)ccc3C2=O)C(=O)N1. The number of aromatic nitrogens is 1. The highest BCUT2D eigenvalue weighted by Crippen LogP contribution is 2.28. The van der Waals surface area contributed by atoms with E-state index in [-0.39, 0.29) is 30.7 Å². The lowest BCUT2D eigenvalue weighted by molar-refractivity contribution is -0.136. The predicted octanol–water partition coefficient (Wildman–Crippen LogP) is 2.06. The maximum atomic E-state index is 12.8. The fourth-order valence-electron chi connectivity index (χ4n) is 4.23. The van der Waals surface area contributed by atoms with Gasteiger partial charge in [0.25, 0.3) is 11.8 Å². The Morgan fingerprint density at radius 3 is 2.62 bits per heavy atom. The van der Waals surface area contributed by atoms with Gasteiger partial charge >= 0.3 is 0 Å². The second kappa shape index (κ2) is 8.07. The van der Waals surface area contributed by atoms with Crippen molar-refractivity contribution < 1.29 is 19.2 Å². The third-order valence-corrected chi connectivity index (χ3v) is 6.26. The van der Waals surface area contributed by atoms with E-state index in [2.05, 4.69) is 20.9 Å². The average Bonchev–Trinajstić information content (AvgIpc) is 3.07. The lowest BCUT2D eigenvalue weighted by Crippen LogP contribution is -2.52. The number of hydrogen-bond donors (Lipinski definition) is 3. The fourth-order valence-corrected chi connectivity index (χ4v) is 4.23. The Morgan fingerprint density at radius 2 is 1.94 bits per heavy atom. The normalized spacial score (nSPS) is 20.4. The molecule has 2 aromatic rings. The number of pyridine rings is 1. The molecule has 2 aliphatic heterocycles. The molecule has 3 aliphatic rings. The van der Waals surface area contributed by atoms with Gasteiger partial charge in [-0.1, -0.05) is 0 Å². The van der Waals surface area contributed by atoms with E-state index in [9.17, 15) is 19.2 Å². The molecule has 1 aliphatic carbocycles. The van der Waals surface area contributed by atoms with Crippen LogP contribution in [0.2, 0.25) is 0 Å². The van der Waals surface area contributed by atoms with Gasteiger partial charge in [-0.25, -0.2) is 4.98 Å². The number of fused-ring (bicyclic) bond motifs is 1. The molecule has 1 saturated heterocycles. The van der Waals surface area contributed by atoms with Gasteiger partial charge in [0.1, 0.15) is 11.9 Å². The number of benzene rings is 1. The summed E-state index contributed by atoms with van der Waals surface area (Å²) in [5, 5.41) is 8.46. The van der Waals surface area contributed by atoms with E-state index in [0.29, 0.717) is 34.8 Å². The third-order valence-electron chi connectivity index (χ3n) is 6.26. The topological polar surface area (TPSA) is 120 Å². The molecule has 2 fully saturated rings. The summed E-state index contributed by atoms with van der Waals surface area (Å²) in [6.07, 6.45) is 5.66. The van der Waals surface area contributed by atoms with Crippen molar-refractivity contribution in [3.05, 3.63) is 53.2 Å². The molecule has 5 rings (SSSR count). The summed E-state index contributed by atoms with van der Waals surface area (Å²) in [5.74, 6) is -0.558. The molecule has 0 bridgehead atoms. The van der Waals surface area contributed by atoms with Gasteiger partial charge in [-0.15, -0.1) is 0 Å². The highest BCUT2D eigenvalue weighted by atomic mass is 16.2. The standard InChI is InChI=1S/C23H23N5O4/c29-20-9-7-18(22(31)27-20)28-12-14-10-13(4-6-17(14)23(28)32)21(30)26-16-5-8-19(24-11-16)25-15-2-1-3-15/h4-6,8,10-11,15,18H,1-3,7,9,12H2,(H,24,25)(H,26,30)(H,27,29,31). The molecule has 4 amide bonds. The van der Waals surface area contributed by atoms with Crippen LogP contribution in [0.3, 0.4) is 0 Å². The number of carbonyl (C=O) groups excluding carboxylic acids is 4. The quantitative estimate of drug-likeness (QED) is 0.621. The molecule has 0 radical (unpaired) electrons. The van der Waals surface area contributed by atoms with Crippen LogP contribution in [0.5, 0.6) is 0 Å². The molecule has 9 heteroatoms. The zero-order valence-electron chi connectivity index (χ0n) is 17.4. The summed E-state index contributed by atoms with van der Waals surface area (Å²) in [5.41, 5.74) is 2.15. The predicted molar refractivity (Wildman–Crippen MR) is 116 cm³/mol. The van der Waals surface area contributed by atoms with Crippen LogP contribution in [0, 0.1) is 0 Å². The van der Waals surface area contributed by atoms with E-state index in [1.165, 1.54) is 11.3 Å². The highest BCUT2D eigenvalue weighted by Gasteiger charge is 2.39. The molecule has 3 N–H and O–H groups in total. The van der Waals surface area contributed by atoms with Gasteiger partial charge in [-0.05, 0) is 61.6 Å². The smallest absolute Gasteiger partial charge is 0.255 e. The monoisotopic (exact) mass is 433 g/mol. The second-order valence-corrected chi connectivity index (χ2v) is 8.43. The Hall–Kier alpha value is -3.75. The summed E-state index contributed by atoms with van der Waals surface area (Å²) in [6, 6.07) is 8.33. The van der Waals surface area contributed by atoms with Crippen LogP contribution in [0.4, 0.5) is 11.5 Å². The van der Waals surface area contributed by atoms with E-state index in [0.717, 1.165) is 18.7 Å². The van der Waals surface area contributed by atoms with Crippen molar-refractivity contribution in [3.63, 3.8) is 0 Å². The number of piperidine rings is 1. The first kappa shape index (κ1) is 20.2. The Kier molecular flexibility index (Phi) is 5.08. The lowest BCUT2D eigenvalue weighted by Gasteiger charge is -2.29. The number of nitrogens with one attached hydrogen (secondary N) is 3. The Labute approximate surface area is 184 Å². The van der Waals surface area contributed by atoms with Crippen LogP contribution < -0.4 is 16.0 Å². The minimum Gasteiger partial charge on any atom is -0.367 e. The summed E-state index contributed by atoms with van der Waals surface area (Å²) in [6.45, 7) is 0.227. The average molecular weight is 433 g/mol. The van der Waals surface area contributed by atoms with Crippen molar-refractivity contribution in [2.24, 2.45) is 0 Å². The number of nitrogens with zero attached hydrogens (tertiary/aromatic N) is 2. The number of rotatable bonds is 5. The molecule has 0 spiro atoms. The number of carbonyl (C=O) groups is 4. The van der Waals surface area contributed by atoms with Crippen LogP contribution in [-0.2, 0) is 16.1 Å². The minimum absolute atomic E-state index is 0.202. The molecular formula is C23H23N5O4. The van der Waals surface area contributed by atoms with Gasteiger partial charge < -0.3 is 15.5 Å². The first-order valence-electron chi connectivity index (χ1n) is 10.8. The summed E-state index contributed by atoms with van der Waals surface area (Å²) in [7, 11) is 0. The third kappa shape index (κ3) is 3.81. The fraction of sp³-hybridized carbons (Fsp3) is 0.348. The van der Waals surface area contributed by atoms with Gasteiger partial charge in [-0.3, -0.25) is 24.5 Å². The van der Waals surface area contributed by atoms with Crippen LogP contribution in [-0.4, -0.2) is 45.6 Å². The molecule has 1 atom stereocenters. The Morgan fingerprint density at radius 1 is 1.09 bits per heavy atom. The number of amides is 4. The molecule has 1 saturated carbocycles. The number of imide groups is 1.